The molecule has 2 N–H and O–H groups in total. The normalized spacial score (nSPS) is 23.8. The maximum Gasteiger partial charge on any atom is 0.323 e. The number of hydrogen-bond donors (Lipinski definition) is 2. The number of benzene rings is 2. The Morgan fingerprint density at radius 2 is 1.63 bits per heavy atom. The van der Waals surface area contributed by atoms with Crippen LogP contribution in [-0.2, 0) is 37.0 Å². The van der Waals surface area contributed by atoms with Gasteiger partial charge in [0.05, 0.1) is 18.8 Å². The Hall–Kier alpha value is -1.91. The Balaban J connectivity index is 1.49. The summed E-state index contributed by atoms with van der Waals surface area (Å²) in [5.41, 5.74) is 2.89. The van der Waals surface area contributed by atoms with E-state index in [0.29, 0.717) is 13.0 Å². The van der Waals surface area contributed by atoms with Crippen molar-refractivity contribution in [1.82, 2.24) is 10.2 Å². The minimum Gasteiger partial charge on any atom is -0.459 e. The molecule has 2 aromatic rings. The molecule has 4 atom stereocenters. The van der Waals surface area contributed by atoms with Crippen molar-refractivity contribution >= 4 is 46.7 Å². The summed E-state index contributed by atoms with van der Waals surface area (Å²) in [5, 5.41) is 12.1. The van der Waals surface area contributed by atoms with Gasteiger partial charge in [0.2, 0.25) is 0 Å². The number of rotatable bonds is 8. The first-order chi connectivity index (χ1) is 19.3. The number of likely N-dealkylation sites (tertiary alicyclic amines) is 1. The highest BCUT2D eigenvalue weighted by Crippen LogP contribution is 2.39. The summed E-state index contributed by atoms with van der Waals surface area (Å²) in [6.45, 7) is 7.16. The number of alkyl halides is 3. The quantitative estimate of drug-likeness (QED) is 0.294. The molecule has 2 heterocycles. The summed E-state index contributed by atoms with van der Waals surface area (Å²) in [6.07, 6.45) is 1.17. The van der Waals surface area contributed by atoms with Crippen LogP contribution in [0, 0.1) is 0 Å². The van der Waals surface area contributed by atoms with Gasteiger partial charge in [-0.3, -0.25) is 14.5 Å². The number of carbonyl (C=O) groups excluding carboxylic acids is 2. The summed E-state index contributed by atoms with van der Waals surface area (Å²) < 4.78 is 16.6. The van der Waals surface area contributed by atoms with Crippen LogP contribution in [0.4, 0.5) is 0 Å². The number of hydrogen-bond acceptors (Lipinski definition) is 7. The van der Waals surface area contributed by atoms with Gasteiger partial charge in [-0.15, -0.1) is 0 Å². The summed E-state index contributed by atoms with van der Waals surface area (Å²) in [7, 11) is 0. The lowest BCUT2D eigenvalue weighted by molar-refractivity contribution is -0.253. The predicted molar refractivity (Wildman–Crippen MR) is 157 cm³/mol. The number of nitrogens with one attached hydrogen (secondary N) is 1. The van der Waals surface area contributed by atoms with Crippen molar-refractivity contribution < 1.29 is 28.9 Å². The average Bonchev–Trinajstić information content (AvgIpc) is 3.38. The standard InChI is InChI=1S/C30H37Cl3N2O6/c1-29(2,3)41-26(37)24-5-4-14-35(24)17-23-15-25(21-10-8-20(18-36)9-11-21)40-27(39-23)22-12-6-19(7-13-22)16-34-28(38)30(31,32)33/h6-13,23-25,27,36H,4-5,14-18H2,1-3H3,(H,34,38)/t23-,24-,25+,27+/m0/s1. The van der Waals surface area contributed by atoms with E-state index in [0.717, 1.165) is 41.6 Å². The molecule has 0 saturated carbocycles. The van der Waals surface area contributed by atoms with Gasteiger partial charge in [0.1, 0.15) is 11.6 Å². The molecule has 224 valence electrons. The molecule has 0 unspecified atom stereocenters. The fourth-order valence-corrected chi connectivity index (χ4v) is 5.25. The van der Waals surface area contributed by atoms with E-state index in [4.69, 9.17) is 49.0 Å². The summed E-state index contributed by atoms with van der Waals surface area (Å²) in [4.78, 5) is 27.0. The van der Waals surface area contributed by atoms with Gasteiger partial charge >= 0.3 is 5.97 Å². The number of amides is 1. The topological polar surface area (TPSA) is 97.3 Å². The van der Waals surface area contributed by atoms with E-state index in [-0.39, 0.29) is 37.4 Å². The van der Waals surface area contributed by atoms with E-state index in [1.54, 1.807) is 0 Å². The molecule has 41 heavy (non-hydrogen) atoms. The lowest BCUT2D eigenvalue weighted by atomic mass is 9.99. The fraction of sp³-hybridized carbons (Fsp3) is 0.533. The van der Waals surface area contributed by atoms with E-state index in [1.807, 2.05) is 69.3 Å². The second-order valence-corrected chi connectivity index (χ2v) is 13.7. The van der Waals surface area contributed by atoms with E-state index in [2.05, 4.69) is 10.2 Å². The molecule has 4 rings (SSSR count). The number of nitrogens with zero attached hydrogens (tertiary/aromatic N) is 1. The first-order valence-corrected chi connectivity index (χ1v) is 14.9. The number of esters is 1. The number of aliphatic hydroxyl groups is 1. The summed E-state index contributed by atoms with van der Waals surface area (Å²) in [5.74, 6) is -0.901. The average molecular weight is 628 g/mol. The van der Waals surface area contributed by atoms with Crippen molar-refractivity contribution in [2.45, 2.75) is 87.1 Å². The molecule has 0 bridgehead atoms. The molecule has 2 aliphatic heterocycles. The molecule has 2 fully saturated rings. The Morgan fingerprint density at radius 1 is 1.00 bits per heavy atom. The largest absolute Gasteiger partial charge is 0.459 e. The monoisotopic (exact) mass is 626 g/mol. The Labute approximate surface area is 256 Å². The van der Waals surface area contributed by atoms with Gasteiger partial charge in [-0.05, 0) is 56.8 Å². The van der Waals surface area contributed by atoms with Crippen LogP contribution >= 0.6 is 34.8 Å². The molecule has 0 aliphatic carbocycles. The molecule has 8 nitrogen and oxygen atoms in total. The van der Waals surface area contributed by atoms with Gasteiger partial charge in [0, 0.05) is 25.1 Å². The third-order valence-electron chi connectivity index (χ3n) is 7.06. The van der Waals surface area contributed by atoms with Gasteiger partial charge < -0.3 is 24.6 Å². The van der Waals surface area contributed by atoms with Crippen LogP contribution in [0.1, 0.15) is 74.7 Å². The van der Waals surface area contributed by atoms with Crippen molar-refractivity contribution in [2.75, 3.05) is 13.1 Å². The lowest BCUT2D eigenvalue weighted by Gasteiger charge is -2.38. The molecule has 1 amide bonds. The zero-order chi connectivity index (χ0) is 29.8. The minimum absolute atomic E-state index is 0.0321. The highest BCUT2D eigenvalue weighted by Gasteiger charge is 2.39. The Morgan fingerprint density at radius 3 is 2.24 bits per heavy atom. The van der Waals surface area contributed by atoms with E-state index >= 15 is 0 Å². The number of aliphatic hydroxyl groups excluding tert-OH is 1. The number of carbonyl (C=O) groups is 2. The minimum atomic E-state index is -2.03. The van der Waals surface area contributed by atoms with Crippen LogP contribution in [0.2, 0.25) is 0 Å². The van der Waals surface area contributed by atoms with Crippen LogP contribution in [0.5, 0.6) is 0 Å². The van der Waals surface area contributed by atoms with Gasteiger partial charge in [0.25, 0.3) is 9.70 Å². The summed E-state index contributed by atoms with van der Waals surface area (Å²) in [6, 6.07) is 14.9. The second kappa shape index (κ2) is 13.6. The van der Waals surface area contributed by atoms with Crippen molar-refractivity contribution in [3.63, 3.8) is 0 Å². The zero-order valence-corrected chi connectivity index (χ0v) is 25.7. The molecule has 11 heteroatoms. The van der Waals surface area contributed by atoms with Gasteiger partial charge in [0.15, 0.2) is 6.29 Å². The zero-order valence-electron chi connectivity index (χ0n) is 23.4. The van der Waals surface area contributed by atoms with E-state index in [1.165, 1.54) is 0 Å². The SMILES string of the molecule is CC(C)(C)OC(=O)[C@@H]1CCCN1C[C@@H]1C[C@H](c2ccc(CO)cc2)O[C@H](c2ccc(CNC(=O)C(Cl)(Cl)Cl)cc2)O1. The Bertz CT molecular complexity index is 1180. The van der Waals surface area contributed by atoms with Crippen molar-refractivity contribution in [3.05, 3.63) is 70.8 Å². The fourth-order valence-electron chi connectivity index (χ4n) is 5.05. The molecule has 2 saturated heterocycles. The highest BCUT2D eigenvalue weighted by molar-refractivity contribution is 6.76. The third kappa shape index (κ3) is 9.04. The summed E-state index contributed by atoms with van der Waals surface area (Å²) >= 11 is 16.9. The molecule has 2 aromatic carbocycles. The van der Waals surface area contributed by atoms with Crippen molar-refractivity contribution in [3.8, 4) is 0 Å². The number of ether oxygens (including phenoxy) is 3. The first kappa shape index (κ1) is 32.0. The first-order valence-electron chi connectivity index (χ1n) is 13.7. The lowest BCUT2D eigenvalue weighted by Crippen LogP contribution is -2.45. The van der Waals surface area contributed by atoms with Crippen molar-refractivity contribution in [1.29, 1.82) is 0 Å². The van der Waals surface area contributed by atoms with Crippen molar-refractivity contribution in [2.24, 2.45) is 0 Å². The molecular weight excluding hydrogens is 591 g/mol. The van der Waals surface area contributed by atoms with Gasteiger partial charge in [-0.25, -0.2) is 0 Å². The molecular formula is C30H37Cl3N2O6. The highest BCUT2D eigenvalue weighted by atomic mass is 35.6. The predicted octanol–water partition coefficient (Wildman–Crippen LogP) is 5.52. The van der Waals surface area contributed by atoms with Crippen LogP contribution in [0.25, 0.3) is 0 Å². The number of halogens is 3. The van der Waals surface area contributed by atoms with Gasteiger partial charge in [-0.1, -0.05) is 83.3 Å². The smallest absolute Gasteiger partial charge is 0.323 e. The molecule has 0 aromatic heterocycles. The van der Waals surface area contributed by atoms with E-state index < -0.39 is 21.6 Å². The molecule has 0 radical (unpaired) electrons. The molecule has 2 aliphatic rings. The van der Waals surface area contributed by atoms with Crippen LogP contribution in [0.15, 0.2) is 48.5 Å². The third-order valence-corrected chi connectivity index (χ3v) is 7.57. The Kier molecular flexibility index (Phi) is 10.6. The van der Waals surface area contributed by atoms with Crippen LogP contribution < -0.4 is 5.32 Å². The maximum atomic E-state index is 12.9. The maximum absolute atomic E-state index is 12.9. The van der Waals surface area contributed by atoms with E-state index in [9.17, 15) is 14.7 Å². The molecule has 0 spiro atoms. The second-order valence-electron chi connectivity index (χ2n) is 11.5. The van der Waals surface area contributed by atoms with Crippen LogP contribution in [0.3, 0.4) is 0 Å². The van der Waals surface area contributed by atoms with Crippen LogP contribution in [-0.4, -0.2) is 56.5 Å². The van der Waals surface area contributed by atoms with Gasteiger partial charge in [-0.2, -0.15) is 0 Å².